The Morgan fingerprint density at radius 3 is 2.50 bits per heavy atom. The molecule has 1 aromatic rings. The molecule has 16 heavy (non-hydrogen) atoms. The van der Waals surface area contributed by atoms with Gasteiger partial charge in [0.25, 0.3) is 0 Å². The third-order valence-corrected chi connectivity index (χ3v) is 1.87. The van der Waals surface area contributed by atoms with Crippen molar-refractivity contribution in [2.24, 2.45) is 5.73 Å². The third kappa shape index (κ3) is 3.90. The predicted octanol–water partition coefficient (Wildman–Crippen LogP) is 2.04. The molecular formula is C10H11F3N2O. The molecule has 0 saturated carbocycles. The molecule has 0 heterocycles. The van der Waals surface area contributed by atoms with E-state index < -0.39 is 18.5 Å². The quantitative estimate of drug-likeness (QED) is 0.837. The summed E-state index contributed by atoms with van der Waals surface area (Å²) in [4.78, 5) is 11.0. The number of alkyl halides is 3. The number of rotatable bonds is 3. The number of nitrogens with two attached hydrogens (primary N) is 1. The number of amides is 1. The van der Waals surface area contributed by atoms with Crippen molar-refractivity contribution in [2.45, 2.75) is 19.1 Å². The predicted molar refractivity (Wildman–Crippen MR) is 53.6 cm³/mol. The second kappa shape index (κ2) is 4.98. The number of hydrogen-bond acceptors (Lipinski definition) is 2. The van der Waals surface area contributed by atoms with Gasteiger partial charge in [-0.05, 0) is 11.6 Å². The van der Waals surface area contributed by atoms with E-state index in [0.717, 1.165) is 0 Å². The maximum absolute atomic E-state index is 11.9. The lowest BCUT2D eigenvalue weighted by molar-refractivity contribution is -0.150. The molecule has 0 atom stereocenters. The van der Waals surface area contributed by atoms with E-state index in [1.54, 1.807) is 18.2 Å². The SMILES string of the molecule is NCc1ccccc1NC(=O)CC(F)(F)F. The molecule has 0 aliphatic heterocycles. The lowest BCUT2D eigenvalue weighted by Crippen LogP contribution is -2.22. The zero-order valence-corrected chi connectivity index (χ0v) is 8.34. The molecule has 6 heteroatoms. The Bertz CT molecular complexity index is 377. The largest absolute Gasteiger partial charge is 0.397 e. The van der Waals surface area contributed by atoms with Crippen LogP contribution in [0.3, 0.4) is 0 Å². The molecule has 0 aliphatic carbocycles. The number of para-hydroxylation sites is 1. The monoisotopic (exact) mass is 232 g/mol. The van der Waals surface area contributed by atoms with E-state index >= 15 is 0 Å². The first kappa shape index (κ1) is 12.5. The van der Waals surface area contributed by atoms with Gasteiger partial charge in [-0.3, -0.25) is 4.79 Å². The molecule has 0 unspecified atom stereocenters. The average Bonchev–Trinajstić information content (AvgIpc) is 2.15. The Morgan fingerprint density at radius 2 is 1.94 bits per heavy atom. The minimum absolute atomic E-state index is 0.155. The zero-order chi connectivity index (χ0) is 12.2. The summed E-state index contributed by atoms with van der Waals surface area (Å²) in [5.41, 5.74) is 6.29. The lowest BCUT2D eigenvalue weighted by atomic mass is 10.2. The Hall–Kier alpha value is -1.56. The molecule has 0 aromatic heterocycles. The summed E-state index contributed by atoms with van der Waals surface area (Å²) < 4.78 is 35.7. The summed E-state index contributed by atoms with van der Waals surface area (Å²) in [5.74, 6) is -1.09. The molecule has 1 amide bonds. The van der Waals surface area contributed by atoms with Gasteiger partial charge in [0, 0.05) is 12.2 Å². The van der Waals surface area contributed by atoms with E-state index in [1.165, 1.54) is 6.07 Å². The van der Waals surface area contributed by atoms with Crippen molar-refractivity contribution in [3.05, 3.63) is 29.8 Å². The first-order chi connectivity index (χ1) is 7.42. The van der Waals surface area contributed by atoms with Crippen LogP contribution in [0, 0.1) is 0 Å². The Labute approximate surface area is 90.4 Å². The number of carbonyl (C=O) groups excluding carboxylic acids is 1. The topological polar surface area (TPSA) is 55.1 Å². The average molecular weight is 232 g/mol. The van der Waals surface area contributed by atoms with Gasteiger partial charge in [-0.15, -0.1) is 0 Å². The van der Waals surface area contributed by atoms with E-state index in [0.29, 0.717) is 11.3 Å². The van der Waals surface area contributed by atoms with Gasteiger partial charge in [-0.25, -0.2) is 0 Å². The Kier molecular flexibility index (Phi) is 3.89. The highest BCUT2D eigenvalue weighted by Gasteiger charge is 2.31. The van der Waals surface area contributed by atoms with Crippen molar-refractivity contribution in [2.75, 3.05) is 5.32 Å². The molecule has 0 radical (unpaired) electrons. The summed E-state index contributed by atoms with van der Waals surface area (Å²) in [6.07, 6.45) is -5.99. The molecule has 0 fully saturated rings. The van der Waals surface area contributed by atoms with Crippen molar-refractivity contribution < 1.29 is 18.0 Å². The van der Waals surface area contributed by atoms with Gasteiger partial charge in [-0.2, -0.15) is 13.2 Å². The molecule has 3 N–H and O–H groups in total. The highest BCUT2D eigenvalue weighted by molar-refractivity contribution is 5.91. The summed E-state index contributed by atoms with van der Waals surface area (Å²) in [7, 11) is 0. The summed E-state index contributed by atoms with van der Waals surface area (Å²) >= 11 is 0. The van der Waals surface area contributed by atoms with Crippen molar-refractivity contribution in [1.29, 1.82) is 0 Å². The van der Waals surface area contributed by atoms with E-state index in [4.69, 9.17) is 5.73 Å². The number of carbonyl (C=O) groups is 1. The number of benzene rings is 1. The minimum Gasteiger partial charge on any atom is -0.326 e. The zero-order valence-electron chi connectivity index (χ0n) is 8.34. The fourth-order valence-electron chi connectivity index (χ4n) is 1.20. The van der Waals surface area contributed by atoms with Crippen molar-refractivity contribution in [1.82, 2.24) is 0 Å². The molecule has 0 saturated heterocycles. The van der Waals surface area contributed by atoms with Crippen LogP contribution in [-0.2, 0) is 11.3 Å². The maximum atomic E-state index is 11.9. The maximum Gasteiger partial charge on any atom is 0.397 e. The van der Waals surface area contributed by atoms with Crippen LogP contribution in [0.5, 0.6) is 0 Å². The standard InChI is InChI=1S/C10H11F3N2O/c11-10(12,13)5-9(16)15-8-4-2-1-3-7(8)6-14/h1-4H,5-6,14H2,(H,15,16). The molecule has 88 valence electrons. The van der Waals surface area contributed by atoms with Crippen LogP contribution < -0.4 is 11.1 Å². The smallest absolute Gasteiger partial charge is 0.326 e. The normalized spacial score (nSPS) is 11.2. The highest BCUT2D eigenvalue weighted by Crippen LogP contribution is 2.21. The first-order valence-electron chi connectivity index (χ1n) is 4.57. The van der Waals surface area contributed by atoms with Crippen LogP contribution in [0.1, 0.15) is 12.0 Å². The van der Waals surface area contributed by atoms with Crippen molar-refractivity contribution >= 4 is 11.6 Å². The molecule has 0 spiro atoms. The van der Waals surface area contributed by atoms with Gasteiger partial charge >= 0.3 is 6.18 Å². The van der Waals surface area contributed by atoms with Gasteiger partial charge in [0.1, 0.15) is 6.42 Å². The van der Waals surface area contributed by atoms with Gasteiger partial charge in [0.15, 0.2) is 0 Å². The third-order valence-electron chi connectivity index (χ3n) is 1.87. The molecule has 1 rings (SSSR count). The Balaban J connectivity index is 2.70. The molecular weight excluding hydrogens is 221 g/mol. The van der Waals surface area contributed by atoms with Crippen LogP contribution in [0.25, 0.3) is 0 Å². The van der Waals surface area contributed by atoms with E-state index in [-0.39, 0.29) is 6.54 Å². The molecule has 1 aromatic carbocycles. The van der Waals surface area contributed by atoms with E-state index in [9.17, 15) is 18.0 Å². The van der Waals surface area contributed by atoms with E-state index in [1.807, 2.05) is 0 Å². The number of nitrogens with one attached hydrogen (secondary N) is 1. The summed E-state index contributed by atoms with van der Waals surface area (Å²) in [6.45, 7) is 0.155. The van der Waals surface area contributed by atoms with Crippen LogP contribution in [0.4, 0.5) is 18.9 Å². The number of hydrogen-bond donors (Lipinski definition) is 2. The fraction of sp³-hybridized carbons (Fsp3) is 0.300. The second-order valence-electron chi connectivity index (χ2n) is 3.20. The summed E-state index contributed by atoms with van der Waals surface area (Å²) in [6, 6.07) is 6.46. The lowest BCUT2D eigenvalue weighted by Gasteiger charge is -2.10. The Morgan fingerprint density at radius 1 is 1.31 bits per heavy atom. The second-order valence-corrected chi connectivity index (χ2v) is 3.20. The molecule has 0 bridgehead atoms. The van der Waals surface area contributed by atoms with Gasteiger partial charge in [0.2, 0.25) is 5.91 Å². The van der Waals surface area contributed by atoms with Gasteiger partial charge < -0.3 is 11.1 Å². The van der Waals surface area contributed by atoms with Crippen molar-refractivity contribution in [3.8, 4) is 0 Å². The number of halogens is 3. The van der Waals surface area contributed by atoms with Gasteiger partial charge in [0.05, 0.1) is 0 Å². The van der Waals surface area contributed by atoms with Crippen LogP contribution in [0.2, 0.25) is 0 Å². The van der Waals surface area contributed by atoms with Crippen LogP contribution in [0.15, 0.2) is 24.3 Å². The van der Waals surface area contributed by atoms with Gasteiger partial charge in [-0.1, -0.05) is 18.2 Å². The first-order valence-corrected chi connectivity index (χ1v) is 4.57. The van der Waals surface area contributed by atoms with Crippen molar-refractivity contribution in [3.63, 3.8) is 0 Å². The minimum atomic E-state index is -4.50. The number of anilines is 1. The molecule has 0 aliphatic rings. The highest BCUT2D eigenvalue weighted by atomic mass is 19.4. The molecule has 3 nitrogen and oxygen atoms in total. The van der Waals surface area contributed by atoms with E-state index in [2.05, 4.69) is 5.32 Å². The van der Waals surface area contributed by atoms with Crippen LogP contribution in [-0.4, -0.2) is 12.1 Å². The summed E-state index contributed by atoms with van der Waals surface area (Å²) in [5, 5.41) is 2.18. The fourth-order valence-corrected chi connectivity index (χ4v) is 1.20. The van der Waals surface area contributed by atoms with Crippen LogP contribution >= 0.6 is 0 Å².